The Bertz CT molecular complexity index is 790. The van der Waals surface area contributed by atoms with E-state index < -0.39 is 0 Å². The number of benzene rings is 1. The van der Waals surface area contributed by atoms with Gasteiger partial charge < -0.3 is 0 Å². The highest BCUT2D eigenvalue weighted by Gasteiger charge is 2.07. The zero-order valence-corrected chi connectivity index (χ0v) is 19.0. The van der Waals surface area contributed by atoms with Gasteiger partial charge in [0.2, 0.25) is 0 Å². The zero-order valence-electron chi connectivity index (χ0n) is 19.0. The molecule has 0 saturated carbocycles. The van der Waals surface area contributed by atoms with Crippen LogP contribution in [0.25, 0.3) is 5.57 Å². The van der Waals surface area contributed by atoms with Gasteiger partial charge in [-0.1, -0.05) is 79.1 Å². The normalized spacial score (nSPS) is 14.1. The number of aryl methyl sites for hydroxylation is 2. The van der Waals surface area contributed by atoms with E-state index >= 15 is 0 Å². The van der Waals surface area contributed by atoms with E-state index in [-0.39, 0.29) is 0 Å². The van der Waals surface area contributed by atoms with Gasteiger partial charge in [0.1, 0.15) is 0 Å². The first-order chi connectivity index (χ1) is 13.3. The molecule has 0 aromatic heterocycles. The van der Waals surface area contributed by atoms with Crippen molar-refractivity contribution in [3.63, 3.8) is 0 Å². The summed E-state index contributed by atoms with van der Waals surface area (Å²) < 4.78 is 0. The molecule has 1 aromatic carbocycles. The van der Waals surface area contributed by atoms with Crippen molar-refractivity contribution < 1.29 is 0 Å². The highest BCUT2D eigenvalue weighted by molar-refractivity contribution is 5.76. The van der Waals surface area contributed by atoms with Gasteiger partial charge in [0.25, 0.3) is 0 Å². The fourth-order valence-electron chi connectivity index (χ4n) is 2.91. The van der Waals surface area contributed by atoms with Gasteiger partial charge in [-0.3, -0.25) is 5.01 Å². The lowest BCUT2D eigenvalue weighted by Crippen LogP contribution is -2.00. The molecule has 3 nitrogen and oxygen atoms in total. The van der Waals surface area contributed by atoms with E-state index in [1.54, 1.807) is 5.01 Å². The summed E-state index contributed by atoms with van der Waals surface area (Å²) in [6.45, 7) is 12.9. The van der Waals surface area contributed by atoms with E-state index in [1.807, 2.05) is 14.1 Å². The van der Waals surface area contributed by atoms with Crippen LogP contribution in [0.5, 0.6) is 0 Å². The molecule has 0 N–H and O–H groups in total. The van der Waals surface area contributed by atoms with E-state index in [4.69, 9.17) is 0 Å². The van der Waals surface area contributed by atoms with Crippen LogP contribution in [-0.4, -0.2) is 19.1 Å². The molecule has 0 spiro atoms. The minimum atomic E-state index is 0.947. The lowest BCUT2D eigenvalue weighted by molar-refractivity contribution is 0.405. The summed E-state index contributed by atoms with van der Waals surface area (Å²) in [5.41, 5.74) is 8.49. The van der Waals surface area contributed by atoms with Crippen LogP contribution in [0.3, 0.4) is 0 Å². The Balaban J connectivity index is 3.37. The van der Waals surface area contributed by atoms with Gasteiger partial charge in [0, 0.05) is 19.7 Å². The van der Waals surface area contributed by atoms with E-state index in [9.17, 15) is 0 Å². The summed E-state index contributed by atoms with van der Waals surface area (Å²) in [5, 5.41) is 10.5. The lowest BCUT2D eigenvalue weighted by Gasteiger charge is -2.11. The first kappa shape index (κ1) is 23.6. The minimum Gasteiger partial charge on any atom is -0.285 e. The molecule has 0 atom stereocenters. The van der Waals surface area contributed by atoms with Crippen molar-refractivity contribution in [2.45, 2.75) is 60.8 Å². The quantitative estimate of drug-likeness (QED) is 0.246. The van der Waals surface area contributed by atoms with E-state index in [1.165, 1.54) is 27.8 Å². The molecule has 1 aromatic rings. The largest absolute Gasteiger partial charge is 0.285 e. The lowest BCUT2D eigenvalue weighted by atomic mass is 9.96. The Morgan fingerprint density at radius 2 is 1.82 bits per heavy atom. The molecule has 0 aliphatic rings. The van der Waals surface area contributed by atoms with Gasteiger partial charge in [-0.25, -0.2) is 0 Å². The number of allylic oxidation sites excluding steroid dienone is 6. The molecule has 0 radical (unpaired) electrons. The van der Waals surface area contributed by atoms with Crippen LogP contribution in [0, 0.1) is 13.8 Å². The molecule has 0 heterocycles. The third-order valence-electron chi connectivity index (χ3n) is 4.66. The van der Waals surface area contributed by atoms with Crippen LogP contribution < -0.4 is 0 Å². The van der Waals surface area contributed by atoms with Crippen molar-refractivity contribution in [3.8, 4) is 0 Å². The summed E-state index contributed by atoms with van der Waals surface area (Å²) in [7, 11) is 3.79. The monoisotopic (exact) mass is 379 g/mol. The minimum absolute atomic E-state index is 0.947. The van der Waals surface area contributed by atoms with E-state index in [0.29, 0.717) is 0 Å². The first-order valence-corrected chi connectivity index (χ1v) is 10.2. The number of unbranched alkanes of at least 4 members (excludes halogenated alkanes) is 1. The van der Waals surface area contributed by atoms with Crippen LogP contribution in [-0.2, 0) is 0 Å². The van der Waals surface area contributed by atoms with Crippen LogP contribution in [0.15, 0.2) is 69.7 Å². The SMILES string of the molecule is C\C=C(/C=C\C(C(=C/CCC)\N=N/N(C)C)=C(\C)CC)c1ccc(C)cc1C. The van der Waals surface area contributed by atoms with E-state index in [0.717, 1.165) is 30.5 Å². The Kier molecular flexibility index (Phi) is 10.2. The maximum atomic E-state index is 4.52. The summed E-state index contributed by atoms with van der Waals surface area (Å²) in [6, 6.07) is 6.62. The number of hydrogen-bond acceptors (Lipinski definition) is 2. The maximum Gasteiger partial charge on any atom is 0.0906 e. The van der Waals surface area contributed by atoms with Crippen LogP contribution in [0.4, 0.5) is 0 Å². The molecular formula is C25H37N3. The number of rotatable bonds is 9. The smallest absolute Gasteiger partial charge is 0.0906 e. The first-order valence-electron chi connectivity index (χ1n) is 10.2. The predicted octanol–water partition coefficient (Wildman–Crippen LogP) is 7.60. The van der Waals surface area contributed by atoms with Gasteiger partial charge in [0.15, 0.2) is 0 Å². The zero-order chi connectivity index (χ0) is 21.1. The van der Waals surface area contributed by atoms with Gasteiger partial charge in [0.05, 0.1) is 5.70 Å². The van der Waals surface area contributed by atoms with E-state index in [2.05, 4.69) is 94.4 Å². The summed E-state index contributed by atoms with van der Waals surface area (Å²) >= 11 is 0. The molecule has 0 fully saturated rings. The predicted molar refractivity (Wildman–Crippen MR) is 123 cm³/mol. The fourth-order valence-corrected chi connectivity index (χ4v) is 2.91. The third kappa shape index (κ3) is 7.30. The molecule has 0 amide bonds. The Morgan fingerprint density at radius 3 is 2.36 bits per heavy atom. The van der Waals surface area contributed by atoms with Gasteiger partial charge in [-0.15, -0.1) is 5.11 Å². The van der Waals surface area contributed by atoms with Crippen LogP contribution in [0.1, 0.15) is 63.6 Å². The molecule has 0 aliphatic heterocycles. The molecule has 0 bridgehead atoms. The summed E-state index contributed by atoms with van der Waals surface area (Å²) in [4.78, 5) is 0. The van der Waals surface area contributed by atoms with Crippen LogP contribution in [0.2, 0.25) is 0 Å². The number of nitrogens with zero attached hydrogens (tertiary/aromatic N) is 3. The topological polar surface area (TPSA) is 28.0 Å². The van der Waals surface area contributed by atoms with Crippen molar-refractivity contribution in [2.24, 2.45) is 10.3 Å². The second-order valence-corrected chi connectivity index (χ2v) is 7.36. The second kappa shape index (κ2) is 12.1. The molecule has 3 heteroatoms. The summed E-state index contributed by atoms with van der Waals surface area (Å²) in [5.74, 6) is 0. The second-order valence-electron chi connectivity index (χ2n) is 7.36. The van der Waals surface area contributed by atoms with Crippen LogP contribution >= 0.6 is 0 Å². The Labute approximate surface area is 172 Å². The maximum absolute atomic E-state index is 4.52. The van der Waals surface area contributed by atoms with Crippen molar-refractivity contribution >= 4 is 5.57 Å². The molecule has 152 valence electrons. The average Bonchev–Trinajstić information content (AvgIpc) is 2.66. The highest BCUT2D eigenvalue weighted by atomic mass is 15.5. The van der Waals surface area contributed by atoms with Crippen molar-refractivity contribution in [3.05, 3.63) is 76.0 Å². The molecule has 28 heavy (non-hydrogen) atoms. The summed E-state index contributed by atoms with van der Waals surface area (Å²) in [6.07, 6.45) is 11.8. The highest BCUT2D eigenvalue weighted by Crippen LogP contribution is 2.26. The third-order valence-corrected chi connectivity index (χ3v) is 4.66. The Hall–Kier alpha value is -2.42. The van der Waals surface area contributed by atoms with Gasteiger partial charge in [-0.2, -0.15) is 0 Å². The van der Waals surface area contributed by atoms with Gasteiger partial charge >= 0.3 is 0 Å². The van der Waals surface area contributed by atoms with Crippen molar-refractivity contribution in [1.29, 1.82) is 0 Å². The van der Waals surface area contributed by atoms with Crippen molar-refractivity contribution in [1.82, 2.24) is 5.01 Å². The number of hydrogen-bond donors (Lipinski definition) is 0. The fraction of sp³-hybridized carbons (Fsp3) is 0.440. The van der Waals surface area contributed by atoms with Crippen molar-refractivity contribution in [2.75, 3.05) is 14.1 Å². The molecule has 0 unspecified atom stereocenters. The standard InChI is InChI=1S/C25H37N3/c1-9-12-13-25(26-27-28(7)8)24(20(5)10-2)17-15-22(11-3)23-16-14-19(4)18-21(23)6/h11,13-18H,9-10,12H2,1-8H3/b17-15-,22-11+,24-20+,25-13+,27-26-. The molecule has 0 saturated heterocycles. The molecule has 0 aliphatic carbocycles. The van der Waals surface area contributed by atoms with Gasteiger partial charge in [-0.05, 0) is 57.2 Å². The Morgan fingerprint density at radius 1 is 1.11 bits per heavy atom. The molecule has 1 rings (SSSR count). The average molecular weight is 380 g/mol. The molecular weight excluding hydrogens is 342 g/mol.